The van der Waals surface area contributed by atoms with E-state index in [1.165, 1.54) is 19.0 Å². The Bertz CT molecular complexity index is 705. The number of aromatic nitrogens is 2. The molecule has 0 unspecified atom stereocenters. The Hall–Kier alpha value is -2.18. The highest BCUT2D eigenvalue weighted by molar-refractivity contribution is 6.30. The zero-order valence-corrected chi connectivity index (χ0v) is 14.6. The molecule has 1 aliphatic heterocycles. The molecule has 1 saturated heterocycles. The van der Waals surface area contributed by atoms with Gasteiger partial charge in [-0.15, -0.1) is 0 Å². The molecule has 1 atom stereocenters. The van der Waals surface area contributed by atoms with Gasteiger partial charge in [0.1, 0.15) is 17.5 Å². The molecule has 3 rings (SSSR count). The van der Waals surface area contributed by atoms with Crippen LogP contribution in [0.15, 0.2) is 36.8 Å². The van der Waals surface area contributed by atoms with E-state index in [1.807, 2.05) is 6.07 Å². The maximum atomic E-state index is 12.1. The van der Waals surface area contributed by atoms with E-state index in [1.54, 1.807) is 24.5 Å². The van der Waals surface area contributed by atoms with Crippen molar-refractivity contribution in [2.75, 3.05) is 13.2 Å². The summed E-state index contributed by atoms with van der Waals surface area (Å²) >= 11 is 6.13. The van der Waals surface area contributed by atoms with Crippen molar-refractivity contribution in [3.8, 4) is 5.75 Å². The molecule has 0 radical (unpaired) electrons. The van der Waals surface area contributed by atoms with Gasteiger partial charge in [-0.2, -0.15) is 0 Å². The Morgan fingerprint density at radius 2 is 2.32 bits per heavy atom. The summed E-state index contributed by atoms with van der Waals surface area (Å²) in [6.45, 7) is 1.92. The molecule has 132 valence electrons. The van der Waals surface area contributed by atoms with Gasteiger partial charge >= 0.3 is 0 Å². The van der Waals surface area contributed by atoms with E-state index in [0.717, 1.165) is 13.0 Å². The van der Waals surface area contributed by atoms with Gasteiger partial charge in [0.05, 0.1) is 11.8 Å². The third-order valence-electron chi connectivity index (χ3n) is 4.11. The molecule has 0 aromatic carbocycles. The van der Waals surface area contributed by atoms with Crippen molar-refractivity contribution in [1.29, 1.82) is 0 Å². The van der Waals surface area contributed by atoms with Gasteiger partial charge in [0.25, 0.3) is 5.91 Å². The first-order valence-corrected chi connectivity index (χ1v) is 8.79. The Balaban J connectivity index is 1.56. The fourth-order valence-corrected chi connectivity index (χ4v) is 2.88. The summed E-state index contributed by atoms with van der Waals surface area (Å²) < 4.78 is 5.83. The van der Waals surface area contributed by atoms with Gasteiger partial charge in [-0.25, -0.2) is 4.98 Å². The summed E-state index contributed by atoms with van der Waals surface area (Å²) in [5.74, 6) is 0.448. The van der Waals surface area contributed by atoms with E-state index in [0.29, 0.717) is 34.7 Å². The van der Waals surface area contributed by atoms with Crippen molar-refractivity contribution in [2.45, 2.75) is 31.8 Å². The molecule has 6 nitrogen and oxygen atoms in total. The molecule has 1 aliphatic rings. The van der Waals surface area contributed by atoms with Gasteiger partial charge < -0.3 is 15.4 Å². The monoisotopic (exact) mass is 360 g/mol. The van der Waals surface area contributed by atoms with Crippen LogP contribution in [0.2, 0.25) is 5.15 Å². The number of carbonyl (C=O) groups is 1. The lowest BCUT2D eigenvalue weighted by Crippen LogP contribution is -2.38. The molecule has 0 spiro atoms. The molecule has 2 aromatic rings. The second-order valence-corrected chi connectivity index (χ2v) is 6.36. The molecule has 0 bridgehead atoms. The lowest BCUT2D eigenvalue weighted by atomic mass is 10.1. The lowest BCUT2D eigenvalue weighted by Gasteiger charge is -2.23. The maximum Gasteiger partial charge on any atom is 0.253 e. The summed E-state index contributed by atoms with van der Waals surface area (Å²) in [4.78, 5) is 20.2. The normalized spacial score (nSPS) is 17.1. The van der Waals surface area contributed by atoms with Crippen molar-refractivity contribution >= 4 is 17.5 Å². The van der Waals surface area contributed by atoms with E-state index in [-0.39, 0.29) is 12.5 Å². The predicted molar refractivity (Wildman–Crippen MR) is 95.8 cm³/mol. The number of ether oxygens (including phenoxy) is 1. The number of nitrogens with one attached hydrogen (secondary N) is 2. The predicted octanol–water partition coefficient (Wildman–Crippen LogP) is 2.58. The van der Waals surface area contributed by atoms with Gasteiger partial charge in [-0.3, -0.25) is 9.78 Å². The first-order valence-electron chi connectivity index (χ1n) is 8.41. The molecule has 2 aromatic heterocycles. The minimum atomic E-state index is -0.207. The van der Waals surface area contributed by atoms with Gasteiger partial charge in [0.15, 0.2) is 0 Å². The fraction of sp³-hybridized carbons (Fsp3) is 0.389. The van der Waals surface area contributed by atoms with Crippen molar-refractivity contribution in [2.24, 2.45) is 0 Å². The van der Waals surface area contributed by atoms with Crippen LogP contribution in [0.1, 0.15) is 35.2 Å². The van der Waals surface area contributed by atoms with E-state index < -0.39 is 0 Å². The minimum Gasteiger partial charge on any atom is -0.490 e. The van der Waals surface area contributed by atoms with Crippen LogP contribution >= 0.6 is 11.6 Å². The third-order valence-corrected chi connectivity index (χ3v) is 4.45. The van der Waals surface area contributed by atoms with Crippen molar-refractivity contribution in [1.82, 2.24) is 20.6 Å². The standard InChI is InChI=1S/C18H21ClN4O2/c19-17-14(10-23-18(24)13-4-3-6-20-9-13)8-16(11-22-17)25-12-15-5-1-2-7-21-15/h3-4,6,8-9,11,15,21H,1-2,5,7,10,12H2,(H,23,24)/t15-/m0/s1. The van der Waals surface area contributed by atoms with Gasteiger partial charge in [0.2, 0.25) is 0 Å². The average molecular weight is 361 g/mol. The second kappa shape index (κ2) is 8.78. The number of rotatable bonds is 6. The summed E-state index contributed by atoms with van der Waals surface area (Å²) in [7, 11) is 0. The number of piperidine rings is 1. The largest absolute Gasteiger partial charge is 0.490 e. The minimum absolute atomic E-state index is 0.207. The Morgan fingerprint density at radius 3 is 3.08 bits per heavy atom. The molecule has 0 aliphatic carbocycles. The van der Waals surface area contributed by atoms with E-state index in [9.17, 15) is 4.79 Å². The highest BCUT2D eigenvalue weighted by Crippen LogP contribution is 2.20. The van der Waals surface area contributed by atoms with Crippen LogP contribution in [-0.2, 0) is 6.54 Å². The smallest absolute Gasteiger partial charge is 0.253 e. The molecular formula is C18H21ClN4O2. The van der Waals surface area contributed by atoms with Gasteiger partial charge in [-0.1, -0.05) is 18.0 Å². The van der Waals surface area contributed by atoms with Crippen LogP contribution in [0.25, 0.3) is 0 Å². The Morgan fingerprint density at radius 1 is 1.40 bits per heavy atom. The summed E-state index contributed by atoms with van der Waals surface area (Å²) in [5, 5.41) is 6.61. The maximum absolute atomic E-state index is 12.1. The van der Waals surface area contributed by atoms with Crippen LogP contribution in [0.5, 0.6) is 5.75 Å². The number of hydrogen-bond acceptors (Lipinski definition) is 5. The molecule has 1 amide bonds. The van der Waals surface area contributed by atoms with Crippen molar-refractivity contribution in [3.05, 3.63) is 53.1 Å². The number of halogens is 1. The van der Waals surface area contributed by atoms with Gasteiger partial charge in [-0.05, 0) is 37.6 Å². The molecule has 0 saturated carbocycles. The molecule has 25 heavy (non-hydrogen) atoms. The summed E-state index contributed by atoms with van der Waals surface area (Å²) in [5.41, 5.74) is 1.22. The van der Waals surface area contributed by atoms with Crippen LogP contribution in [-0.4, -0.2) is 35.1 Å². The molecule has 1 fully saturated rings. The summed E-state index contributed by atoms with van der Waals surface area (Å²) in [6, 6.07) is 5.62. The van der Waals surface area contributed by atoms with Crippen LogP contribution in [0.4, 0.5) is 0 Å². The molecule has 2 N–H and O–H groups in total. The summed E-state index contributed by atoms with van der Waals surface area (Å²) in [6.07, 6.45) is 8.32. The lowest BCUT2D eigenvalue weighted by molar-refractivity contribution is 0.0950. The Kier molecular flexibility index (Phi) is 6.19. The highest BCUT2D eigenvalue weighted by atomic mass is 35.5. The van der Waals surface area contributed by atoms with Crippen molar-refractivity contribution in [3.63, 3.8) is 0 Å². The topological polar surface area (TPSA) is 76.1 Å². The average Bonchev–Trinajstić information content (AvgIpc) is 2.67. The van der Waals surface area contributed by atoms with Crippen LogP contribution in [0.3, 0.4) is 0 Å². The first kappa shape index (κ1) is 17.6. The molecular weight excluding hydrogens is 340 g/mol. The van der Waals surface area contributed by atoms with Crippen LogP contribution in [0, 0.1) is 0 Å². The van der Waals surface area contributed by atoms with Crippen molar-refractivity contribution < 1.29 is 9.53 Å². The highest BCUT2D eigenvalue weighted by Gasteiger charge is 2.14. The van der Waals surface area contributed by atoms with E-state index >= 15 is 0 Å². The van der Waals surface area contributed by atoms with E-state index in [4.69, 9.17) is 16.3 Å². The number of nitrogens with zero attached hydrogens (tertiary/aromatic N) is 2. The first-order chi connectivity index (χ1) is 12.2. The van der Waals surface area contributed by atoms with Gasteiger partial charge in [0, 0.05) is 30.5 Å². The number of amides is 1. The fourth-order valence-electron chi connectivity index (χ4n) is 2.71. The van der Waals surface area contributed by atoms with E-state index in [2.05, 4.69) is 20.6 Å². The van der Waals surface area contributed by atoms with Crippen LogP contribution < -0.4 is 15.4 Å². The zero-order chi connectivity index (χ0) is 17.5. The number of pyridine rings is 2. The second-order valence-electron chi connectivity index (χ2n) is 6.00. The number of carbonyl (C=O) groups excluding carboxylic acids is 1. The molecule has 7 heteroatoms. The third kappa shape index (κ3) is 5.14. The Labute approximate surface area is 152 Å². The zero-order valence-electron chi connectivity index (χ0n) is 13.9. The molecule has 3 heterocycles. The SMILES string of the molecule is O=C(NCc1cc(OC[C@@H]2CCCCN2)cnc1Cl)c1cccnc1. The number of hydrogen-bond donors (Lipinski definition) is 2. The quantitative estimate of drug-likeness (QED) is 0.774.